The van der Waals surface area contributed by atoms with E-state index in [0.717, 1.165) is 42.7 Å². The minimum Gasteiger partial charge on any atom is -0.320 e. The number of carbonyl (C=O) groups excluding carboxylic acids is 1. The van der Waals surface area contributed by atoms with Gasteiger partial charge in [0.25, 0.3) is 5.91 Å². The van der Waals surface area contributed by atoms with Crippen molar-refractivity contribution < 1.29 is 4.79 Å². The first-order valence-electron chi connectivity index (χ1n) is 10.4. The zero-order chi connectivity index (χ0) is 21.2. The molecule has 2 N–H and O–H groups in total. The maximum atomic E-state index is 13.1. The van der Waals surface area contributed by atoms with Gasteiger partial charge < -0.3 is 10.6 Å². The molecule has 1 aliphatic heterocycles. The van der Waals surface area contributed by atoms with Gasteiger partial charge in [-0.2, -0.15) is 5.10 Å². The van der Waals surface area contributed by atoms with Crippen molar-refractivity contribution in [3.05, 3.63) is 83.3 Å². The van der Waals surface area contributed by atoms with E-state index in [1.165, 1.54) is 5.56 Å². The number of hydrogen-bond donors (Lipinski definition) is 2. The summed E-state index contributed by atoms with van der Waals surface area (Å²) in [6, 6.07) is 17.3. The standard InChI is InChI=1S/C24H22ClN5O/c25-18-5-3-4-17(14-18)20-15-27-30-13-10-22(28-23(20)30)24(31)29-21-7-2-1-6-19(21)16-8-11-26-12-9-16/h1-7,10,13-16,26H,8-9,11-12H2,(H,29,31). The van der Waals surface area contributed by atoms with Gasteiger partial charge in [0, 0.05) is 22.5 Å². The van der Waals surface area contributed by atoms with Crippen molar-refractivity contribution in [3.63, 3.8) is 0 Å². The van der Waals surface area contributed by atoms with Crippen LogP contribution in [-0.4, -0.2) is 33.6 Å². The van der Waals surface area contributed by atoms with Crippen LogP contribution in [-0.2, 0) is 0 Å². The minimum atomic E-state index is -0.234. The predicted octanol–water partition coefficient (Wildman–Crippen LogP) is 4.77. The minimum absolute atomic E-state index is 0.234. The molecule has 1 saturated heterocycles. The first-order valence-corrected chi connectivity index (χ1v) is 10.8. The summed E-state index contributed by atoms with van der Waals surface area (Å²) < 4.78 is 1.66. The van der Waals surface area contributed by atoms with Gasteiger partial charge in [0.2, 0.25) is 0 Å². The maximum absolute atomic E-state index is 13.1. The summed E-state index contributed by atoms with van der Waals surface area (Å²) in [6.07, 6.45) is 5.62. The SMILES string of the molecule is O=C(Nc1ccccc1C1CCNCC1)c1ccn2ncc(-c3cccc(Cl)c3)c2n1. The number of benzene rings is 2. The number of fused-ring (bicyclic) bond motifs is 1. The van der Waals surface area contributed by atoms with E-state index in [1.54, 1.807) is 23.0 Å². The molecule has 0 unspecified atom stereocenters. The third-order valence-electron chi connectivity index (χ3n) is 5.73. The van der Waals surface area contributed by atoms with Gasteiger partial charge in [-0.3, -0.25) is 4.79 Å². The molecule has 0 bridgehead atoms. The van der Waals surface area contributed by atoms with Crippen LogP contribution in [0.2, 0.25) is 5.02 Å². The van der Waals surface area contributed by atoms with Crippen molar-refractivity contribution >= 4 is 28.8 Å². The summed E-state index contributed by atoms with van der Waals surface area (Å²) in [5, 5.41) is 11.5. The monoisotopic (exact) mass is 431 g/mol. The molecule has 1 amide bonds. The van der Waals surface area contributed by atoms with Crippen molar-refractivity contribution in [2.24, 2.45) is 0 Å². The Bertz CT molecular complexity index is 1250. The highest BCUT2D eigenvalue weighted by atomic mass is 35.5. The summed E-state index contributed by atoms with van der Waals surface area (Å²) in [7, 11) is 0. The van der Waals surface area contributed by atoms with Gasteiger partial charge in [0.15, 0.2) is 5.65 Å². The molecule has 156 valence electrons. The zero-order valence-corrected chi connectivity index (χ0v) is 17.6. The van der Waals surface area contributed by atoms with Crippen LogP contribution < -0.4 is 10.6 Å². The number of amides is 1. The van der Waals surface area contributed by atoms with Gasteiger partial charge in [-0.1, -0.05) is 41.9 Å². The number of nitrogens with one attached hydrogen (secondary N) is 2. The number of halogens is 1. The molecule has 6 nitrogen and oxygen atoms in total. The van der Waals surface area contributed by atoms with Crippen LogP contribution in [0.15, 0.2) is 67.0 Å². The van der Waals surface area contributed by atoms with E-state index in [2.05, 4.69) is 26.8 Å². The Morgan fingerprint density at radius 1 is 1.10 bits per heavy atom. The molecular formula is C24H22ClN5O. The molecule has 0 radical (unpaired) electrons. The molecule has 31 heavy (non-hydrogen) atoms. The van der Waals surface area contributed by atoms with Gasteiger partial charge in [-0.05, 0) is 67.2 Å². The topological polar surface area (TPSA) is 71.3 Å². The molecule has 3 heterocycles. The Labute approximate surface area is 185 Å². The fourth-order valence-electron chi connectivity index (χ4n) is 4.14. The van der Waals surface area contributed by atoms with E-state index in [0.29, 0.717) is 22.3 Å². The highest BCUT2D eigenvalue weighted by molar-refractivity contribution is 6.30. The van der Waals surface area contributed by atoms with E-state index in [-0.39, 0.29) is 5.91 Å². The first kappa shape index (κ1) is 19.7. The van der Waals surface area contributed by atoms with Crippen LogP contribution in [0.3, 0.4) is 0 Å². The second-order valence-electron chi connectivity index (χ2n) is 7.72. The van der Waals surface area contributed by atoms with Crippen molar-refractivity contribution in [1.29, 1.82) is 0 Å². The van der Waals surface area contributed by atoms with Crippen LogP contribution in [0.5, 0.6) is 0 Å². The van der Waals surface area contributed by atoms with E-state index >= 15 is 0 Å². The number of piperidine rings is 1. The summed E-state index contributed by atoms with van der Waals surface area (Å²) >= 11 is 6.15. The maximum Gasteiger partial charge on any atom is 0.274 e. The second kappa shape index (κ2) is 8.49. The van der Waals surface area contributed by atoms with Crippen LogP contribution in [0.25, 0.3) is 16.8 Å². The fraction of sp³-hybridized carbons (Fsp3) is 0.208. The highest BCUT2D eigenvalue weighted by Gasteiger charge is 2.20. The lowest BCUT2D eigenvalue weighted by atomic mass is 9.89. The largest absolute Gasteiger partial charge is 0.320 e. The first-order chi connectivity index (χ1) is 15.2. The molecule has 0 saturated carbocycles. The third kappa shape index (κ3) is 4.04. The van der Waals surface area contributed by atoms with Gasteiger partial charge >= 0.3 is 0 Å². The lowest BCUT2D eigenvalue weighted by Gasteiger charge is -2.25. The molecule has 4 aromatic rings. The van der Waals surface area contributed by atoms with Crippen molar-refractivity contribution in [2.45, 2.75) is 18.8 Å². The van der Waals surface area contributed by atoms with Gasteiger partial charge in [-0.15, -0.1) is 0 Å². The van der Waals surface area contributed by atoms with Crippen LogP contribution in [0, 0.1) is 0 Å². The molecule has 5 rings (SSSR count). The Morgan fingerprint density at radius 2 is 1.94 bits per heavy atom. The summed E-state index contributed by atoms with van der Waals surface area (Å²) in [4.78, 5) is 17.7. The average Bonchev–Trinajstić information content (AvgIpc) is 3.23. The molecule has 0 spiro atoms. The predicted molar refractivity (Wildman–Crippen MR) is 123 cm³/mol. The quantitative estimate of drug-likeness (QED) is 0.488. The molecule has 1 aliphatic rings. The van der Waals surface area contributed by atoms with E-state index in [1.807, 2.05) is 42.5 Å². The Morgan fingerprint density at radius 3 is 2.77 bits per heavy atom. The third-order valence-corrected chi connectivity index (χ3v) is 5.96. The number of anilines is 1. The molecular weight excluding hydrogens is 410 g/mol. The van der Waals surface area contributed by atoms with Crippen LogP contribution >= 0.6 is 11.6 Å². The Kier molecular flexibility index (Phi) is 5.40. The Hall–Kier alpha value is -3.22. The van der Waals surface area contributed by atoms with Crippen molar-refractivity contribution in [1.82, 2.24) is 19.9 Å². The molecule has 0 atom stereocenters. The van der Waals surface area contributed by atoms with Gasteiger partial charge in [0.1, 0.15) is 5.69 Å². The lowest BCUT2D eigenvalue weighted by molar-refractivity contribution is 0.102. The highest BCUT2D eigenvalue weighted by Crippen LogP contribution is 2.31. The Balaban J connectivity index is 1.45. The number of carbonyl (C=O) groups is 1. The zero-order valence-electron chi connectivity index (χ0n) is 16.9. The van der Waals surface area contributed by atoms with Crippen LogP contribution in [0.4, 0.5) is 5.69 Å². The smallest absolute Gasteiger partial charge is 0.274 e. The van der Waals surface area contributed by atoms with Crippen molar-refractivity contribution in [3.8, 4) is 11.1 Å². The summed E-state index contributed by atoms with van der Waals surface area (Å²) in [5.74, 6) is 0.208. The average molecular weight is 432 g/mol. The van der Waals surface area contributed by atoms with Gasteiger partial charge in [-0.25, -0.2) is 9.50 Å². The molecule has 2 aromatic carbocycles. The van der Waals surface area contributed by atoms with Crippen molar-refractivity contribution in [2.75, 3.05) is 18.4 Å². The molecule has 2 aromatic heterocycles. The second-order valence-corrected chi connectivity index (χ2v) is 8.15. The number of hydrogen-bond acceptors (Lipinski definition) is 4. The number of nitrogens with zero attached hydrogens (tertiary/aromatic N) is 3. The van der Waals surface area contributed by atoms with E-state index < -0.39 is 0 Å². The van der Waals surface area contributed by atoms with E-state index in [4.69, 9.17) is 11.6 Å². The molecule has 7 heteroatoms. The number of para-hydroxylation sites is 1. The van der Waals surface area contributed by atoms with Gasteiger partial charge in [0.05, 0.1) is 6.20 Å². The molecule has 1 fully saturated rings. The number of aromatic nitrogens is 3. The van der Waals surface area contributed by atoms with Crippen LogP contribution in [0.1, 0.15) is 34.8 Å². The molecule has 0 aliphatic carbocycles. The van der Waals surface area contributed by atoms with E-state index in [9.17, 15) is 4.79 Å². The summed E-state index contributed by atoms with van der Waals surface area (Å²) in [6.45, 7) is 2.00. The normalized spacial score (nSPS) is 14.6. The summed E-state index contributed by atoms with van der Waals surface area (Å²) in [5.41, 5.74) is 4.72. The number of rotatable bonds is 4. The lowest BCUT2D eigenvalue weighted by Crippen LogP contribution is -2.27. The fourth-order valence-corrected chi connectivity index (χ4v) is 4.33.